The Morgan fingerprint density at radius 3 is 2.69 bits per heavy atom. The van der Waals surface area contributed by atoms with Crippen LogP contribution in [0.2, 0.25) is 0 Å². The summed E-state index contributed by atoms with van der Waals surface area (Å²) < 4.78 is 5.20. The van der Waals surface area contributed by atoms with Gasteiger partial charge >= 0.3 is 6.01 Å². The molecule has 0 aliphatic heterocycles. The van der Waals surface area contributed by atoms with Gasteiger partial charge in [0.1, 0.15) is 0 Å². The average molecular weight is 223 g/mol. The minimum Gasteiger partial charge on any atom is -0.464 e. The molecule has 6 nitrogen and oxygen atoms in total. The van der Waals surface area contributed by atoms with Crippen LogP contribution in [0.5, 0.6) is 6.01 Å². The maximum atomic E-state index is 5.57. The third-order valence-electron chi connectivity index (χ3n) is 2.72. The first kappa shape index (κ1) is 10.9. The molecule has 1 aliphatic rings. The molecule has 16 heavy (non-hydrogen) atoms. The second kappa shape index (κ2) is 3.77. The van der Waals surface area contributed by atoms with Crippen molar-refractivity contribution in [2.75, 3.05) is 17.7 Å². The van der Waals surface area contributed by atoms with E-state index in [-0.39, 0.29) is 12.0 Å². The average Bonchev–Trinajstić information content (AvgIpc) is 2.72. The molecule has 0 saturated heterocycles. The SMILES string of the molecule is CCOc1nc(N)nc(NC2CC2(C)C)n1. The Balaban J connectivity index is 2.09. The lowest BCUT2D eigenvalue weighted by atomic mass is 10.2. The summed E-state index contributed by atoms with van der Waals surface area (Å²) in [5.74, 6) is 0.672. The first-order chi connectivity index (χ1) is 7.51. The van der Waals surface area contributed by atoms with Crippen molar-refractivity contribution >= 4 is 11.9 Å². The van der Waals surface area contributed by atoms with Gasteiger partial charge in [0.25, 0.3) is 0 Å². The van der Waals surface area contributed by atoms with E-state index < -0.39 is 0 Å². The summed E-state index contributed by atoms with van der Waals surface area (Å²) in [5, 5.41) is 3.22. The zero-order chi connectivity index (χ0) is 11.8. The molecule has 1 heterocycles. The van der Waals surface area contributed by atoms with Crippen LogP contribution in [0, 0.1) is 5.41 Å². The monoisotopic (exact) mass is 223 g/mol. The first-order valence-electron chi connectivity index (χ1n) is 5.42. The number of hydrogen-bond donors (Lipinski definition) is 2. The summed E-state index contributed by atoms with van der Waals surface area (Å²) >= 11 is 0. The molecule has 1 atom stereocenters. The summed E-state index contributed by atoms with van der Waals surface area (Å²) in [6.45, 7) is 6.77. The van der Waals surface area contributed by atoms with E-state index in [4.69, 9.17) is 10.5 Å². The standard InChI is InChI=1S/C10H17N5O/c1-4-16-9-14-7(11)13-8(15-9)12-6-5-10(6,2)3/h6H,4-5H2,1-3H3,(H3,11,12,13,14,15). The highest BCUT2D eigenvalue weighted by Crippen LogP contribution is 2.46. The Labute approximate surface area is 94.6 Å². The zero-order valence-electron chi connectivity index (χ0n) is 9.82. The molecule has 1 unspecified atom stereocenters. The van der Waals surface area contributed by atoms with Crippen LogP contribution in [0.3, 0.4) is 0 Å². The van der Waals surface area contributed by atoms with E-state index in [1.807, 2.05) is 6.92 Å². The van der Waals surface area contributed by atoms with Gasteiger partial charge < -0.3 is 15.8 Å². The number of aromatic nitrogens is 3. The molecule has 1 fully saturated rings. The minimum atomic E-state index is 0.180. The molecule has 2 rings (SSSR count). The molecular weight excluding hydrogens is 206 g/mol. The molecule has 3 N–H and O–H groups in total. The number of nitrogens with one attached hydrogen (secondary N) is 1. The lowest BCUT2D eigenvalue weighted by Crippen LogP contribution is -2.13. The summed E-state index contributed by atoms with van der Waals surface area (Å²) in [7, 11) is 0. The number of ether oxygens (including phenoxy) is 1. The number of hydrogen-bond acceptors (Lipinski definition) is 6. The molecule has 0 spiro atoms. The van der Waals surface area contributed by atoms with Crippen molar-refractivity contribution < 1.29 is 4.74 Å². The Bertz CT molecular complexity index is 393. The van der Waals surface area contributed by atoms with E-state index in [9.17, 15) is 0 Å². The fraction of sp³-hybridized carbons (Fsp3) is 0.700. The van der Waals surface area contributed by atoms with Crippen molar-refractivity contribution in [3.63, 3.8) is 0 Å². The smallest absolute Gasteiger partial charge is 0.323 e. The number of nitrogen functional groups attached to an aromatic ring is 1. The lowest BCUT2D eigenvalue weighted by molar-refractivity contribution is 0.312. The number of nitrogens with two attached hydrogens (primary N) is 1. The Hall–Kier alpha value is -1.59. The third kappa shape index (κ3) is 2.32. The molecule has 88 valence electrons. The van der Waals surface area contributed by atoms with Crippen LogP contribution in [0.1, 0.15) is 27.2 Å². The van der Waals surface area contributed by atoms with Crippen LogP contribution in [0.4, 0.5) is 11.9 Å². The van der Waals surface area contributed by atoms with Crippen molar-refractivity contribution in [2.45, 2.75) is 33.2 Å². The fourth-order valence-corrected chi connectivity index (χ4v) is 1.50. The molecule has 6 heteroatoms. The van der Waals surface area contributed by atoms with Gasteiger partial charge in [-0.1, -0.05) is 13.8 Å². The molecular formula is C10H17N5O. The quantitative estimate of drug-likeness (QED) is 0.793. The highest BCUT2D eigenvalue weighted by atomic mass is 16.5. The second-order valence-electron chi connectivity index (χ2n) is 4.62. The van der Waals surface area contributed by atoms with E-state index in [1.165, 1.54) is 0 Å². The molecule has 1 aromatic rings. The van der Waals surface area contributed by atoms with E-state index >= 15 is 0 Å². The van der Waals surface area contributed by atoms with Gasteiger partial charge in [0.05, 0.1) is 6.61 Å². The van der Waals surface area contributed by atoms with E-state index in [1.54, 1.807) is 0 Å². The van der Waals surface area contributed by atoms with Crippen LogP contribution in [-0.2, 0) is 0 Å². The summed E-state index contributed by atoms with van der Waals surface area (Å²) in [6, 6.07) is 0.680. The predicted molar refractivity (Wildman–Crippen MR) is 61.2 cm³/mol. The topological polar surface area (TPSA) is 86.0 Å². The van der Waals surface area contributed by atoms with E-state index in [2.05, 4.69) is 34.1 Å². The van der Waals surface area contributed by atoms with Gasteiger partial charge in [-0.2, -0.15) is 15.0 Å². The van der Waals surface area contributed by atoms with Gasteiger partial charge in [0, 0.05) is 6.04 Å². The van der Waals surface area contributed by atoms with Gasteiger partial charge in [-0.3, -0.25) is 0 Å². The van der Waals surface area contributed by atoms with Crippen molar-refractivity contribution in [1.29, 1.82) is 0 Å². The maximum Gasteiger partial charge on any atom is 0.323 e. The van der Waals surface area contributed by atoms with Gasteiger partial charge in [-0.25, -0.2) is 0 Å². The largest absolute Gasteiger partial charge is 0.464 e. The van der Waals surface area contributed by atoms with E-state index in [0.29, 0.717) is 24.0 Å². The lowest BCUT2D eigenvalue weighted by Gasteiger charge is -2.08. The van der Waals surface area contributed by atoms with Crippen LogP contribution in [-0.4, -0.2) is 27.6 Å². The molecule has 0 amide bonds. The van der Waals surface area contributed by atoms with Crippen molar-refractivity contribution in [1.82, 2.24) is 15.0 Å². The van der Waals surface area contributed by atoms with Gasteiger partial charge in [-0.05, 0) is 18.8 Å². The van der Waals surface area contributed by atoms with Crippen molar-refractivity contribution in [3.05, 3.63) is 0 Å². The Morgan fingerprint density at radius 1 is 1.44 bits per heavy atom. The van der Waals surface area contributed by atoms with Crippen molar-refractivity contribution in [3.8, 4) is 6.01 Å². The Kier molecular flexibility index (Phi) is 2.57. The predicted octanol–water partition coefficient (Wildman–Crippen LogP) is 1.06. The Morgan fingerprint density at radius 2 is 2.12 bits per heavy atom. The van der Waals surface area contributed by atoms with Crippen LogP contribution in [0.25, 0.3) is 0 Å². The molecule has 0 aromatic carbocycles. The first-order valence-corrected chi connectivity index (χ1v) is 5.42. The highest BCUT2D eigenvalue weighted by molar-refractivity contribution is 5.36. The van der Waals surface area contributed by atoms with Gasteiger partial charge in [0.2, 0.25) is 11.9 Å². The minimum absolute atomic E-state index is 0.180. The number of nitrogens with zero attached hydrogens (tertiary/aromatic N) is 3. The normalized spacial score (nSPS) is 21.6. The van der Waals surface area contributed by atoms with Crippen LogP contribution in [0.15, 0.2) is 0 Å². The van der Waals surface area contributed by atoms with Crippen molar-refractivity contribution in [2.24, 2.45) is 5.41 Å². The molecule has 1 saturated carbocycles. The number of rotatable bonds is 4. The number of anilines is 2. The molecule has 0 radical (unpaired) electrons. The van der Waals surface area contributed by atoms with Crippen LogP contribution >= 0.6 is 0 Å². The zero-order valence-corrected chi connectivity index (χ0v) is 9.82. The van der Waals surface area contributed by atoms with Gasteiger partial charge in [0.15, 0.2) is 0 Å². The second-order valence-corrected chi connectivity index (χ2v) is 4.62. The van der Waals surface area contributed by atoms with Gasteiger partial charge in [-0.15, -0.1) is 0 Å². The summed E-state index contributed by atoms with van der Waals surface area (Å²) in [5.41, 5.74) is 5.88. The van der Waals surface area contributed by atoms with Crippen LogP contribution < -0.4 is 15.8 Å². The molecule has 1 aliphatic carbocycles. The fourth-order valence-electron chi connectivity index (χ4n) is 1.50. The highest BCUT2D eigenvalue weighted by Gasteiger charge is 2.46. The van der Waals surface area contributed by atoms with E-state index in [0.717, 1.165) is 6.42 Å². The molecule has 0 bridgehead atoms. The third-order valence-corrected chi connectivity index (χ3v) is 2.72. The summed E-state index contributed by atoms with van der Waals surface area (Å²) in [6.07, 6.45) is 1.11. The maximum absolute atomic E-state index is 5.57. The molecule has 1 aromatic heterocycles. The summed E-state index contributed by atoms with van der Waals surface area (Å²) in [4.78, 5) is 12.0.